The smallest absolute Gasteiger partial charge is 0.256 e. The lowest BCUT2D eigenvalue weighted by Crippen LogP contribution is -2.42. The van der Waals surface area contributed by atoms with E-state index in [9.17, 15) is 4.79 Å². The highest BCUT2D eigenvalue weighted by atomic mass is 79.9. The van der Waals surface area contributed by atoms with Crippen molar-refractivity contribution in [1.29, 1.82) is 0 Å². The van der Waals surface area contributed by atoms with Crippen LogP contribution in [0.5, 0.6) is 5.75 Å². The third kappa shape index (κ3) is 5.67. The van der Waals surface area contributed by atoms with Gasteiger partial charge in [-0.25, -0.2) is 0 Å². The van der Waals surface area contributed by atoms with E-state index in [-0.39, 0.29) is 5.91 Å². The summed E-state index contributed by atoms with van der Waals surface area (Å²) in [5, 5.41) is 3.69. The molecule has 1 rings (SSSR count). The number of halogens is 1. The van der Waals surface area contributed by atoms with Crippen molar-refractivity contribution in [2.24, 2.45) is 0 Å². The minimum Gasteiger partial charge on any atom is -0.493 e. The van der Waals surface area contributed by atoms with E-state index in [4.69, 9.17) is 9.47 Å². The molecule has 0 saturated heterocycles. The topological polar surface area (TPSA) is 47.6 Å². The van der Waals surface area contributed by atoms with Crippen molar-refractivity contribution < 1.29 is 14.3 Å². The van der Waals surface area contributed by atoms with Crippen molar-refractivity contribution in [3.8, 4) is 5.75 Å². The molecule has 0 aliphatic rings. The van der Waals surface area contributed by atoms with Crippen LogP contribution in [0.4, 0.5) is 5.69 Å². The maximum Gasteiger partial charge on any atom is 0.256 e. The summed E-state index contributed by atoms with van der Waals surface area (Å²) in [6.07, 6.45) is 1.59. The van der Waals surface area contributed by atoms with Gasteiger partial charge in [-0.15, -0.1) is 0 Å². The Morgan fingerprint density at radius 2 is 1.95 bits per heavy atom. The molecule has 118 valence electrons. The van der Waals surface area contributed by atoms with E-state index >= 15 is 0 Å². The highest BCUT2D eigenvalue weighted by Gasteiger charge is 2.32. The van der Waals surface area contributed by atoms with Crippen LogP contribution in [0, 0.1) is 0 Å². The molecule has 1 N–H and O–H groups in total. The van der Waals surface area contributed by atoms with Crippen LogP contribution >= 0.6 is 15.9 Å². The Hall–Kier alpha value is -1.07. The first kappa shape index (κ1) is 18.0. The van der Waals surface area contributed by atoms with E-state index in [2.05, 4.69) is 21.2 Å². The monoisotopic (exact) mass is 357 g/mol. The van der Waals surface area contributed by atoms with E-state index in [0.717, 1.165) is 23.2 Å². The van der Waals surface area contributed by atoms with E-state index in [1.807, 2.05) is 45.0 Å². The van der Waals surface area contributed by atoms with Gasteiger partial charge in [0, 0.05) is 17.6 Å². The molecule has 0 spiro atoms. The first-order valence-corrected chi connectivity index (χ1v) is 8.42. The van der Waals surface area contributed by atoms with Gasteiger partial charge in [0.05, 0.1) is 6.61 Å². The Bertz CT molecular complexity index is 428. The number of benzene rings is 1. The molecule has 0 fully saturated rings. The number of hydrogen-bond acceptors (Lipinski definition) is 3. The van der Waals surface area contributed by atoms with Crippen LogP contribution in [-0.4, -0.2) is 30.1 Å². The maximum absolute atomic E-state index is 12.4. The van der Waals surface area contributed by atoms with E-state index < -0.39 is 5.60 Å². The average molecular weight is 358 g/mol. The first-order valence-electron chi connectivity index (χ1n) is 7.30. The van der Waals surface area contributed by atoms with Gasteiger partial charge in [-0.2, -0.15) is 0 Å². The van der Waals surface area contributed by atoms with Gasteiger partial charge in [-0.3, -0.25) is 4.79 Å². The van der Waals surface area contributed by atoms with Crippen LogP contribution in [0.25, 0.3) is 0 Å². The molecule has 21 heavy (non-hydrogen) atoms. The summed E-state index contributed by atoms with van der Waals surface area (Å²) in [5.74, 6) is 0.675. The van der Waals surface area contributed by atoms with Crippen molar-refractivity contribution in [1.82, 2.24) is 0 Å². The first-order chi connectivity index (χ1) is 10.1. The fourth-order valence-corrected chi connectivity index (χ4v) is 2.26. The summed E-state index contributed by atoms with van der Waals surface area (Å²) in [6.45, 7) is 6.91. The number of ether oxygens (including phenoxy) is 2. The number of anilines is 1. The molecule has 4 nitrogen and oxygen atoms in total. The minimum absolute atomic E-state index is 0.111. The normalized spacial score (nSPS) is 13.5. The maximum atomic E-state index is 12.4. The van der Waals surface area contributed by atoms with Gasteiger partial charge in [0.25, 0.3) is 5.91 Å². The molecule has 0 aliphatic carbocycles. The van der Waals surface area contributed by atoms with Crippen molar-refractivity contribution in [2.45, 2.75) is 39.2 Å². The highest BCUT2D eigenvalue weighted by molar-refractivity contribution is 9.09. The van der Waals surface area contributed by atoms with Crippen LogP contribution in [0.15, 0.2) is 24.3 Å². The average Bonchev–Trinajstić information content (AvgIpc) is 2.47. The molecule has 0 aromatic heterocycles. The Balaban J connectivity index is 2.68. The van der Waals surface area contributed by atoms with Crippen LogP contribution in [0.2, 0.25) is 0 Å². The van der Waals surface area contributed by atoms with Gasteiger partial charge < -0.3 is 14.8 Å². The van der Waals surface area contributed by atoms with Gasteiger partial charge >= 0.3 is 0 Å². The molecule has 1 atom stereocenters. The van der Waals surface area contributed by atoms with Crippen molar-refractivity contribution in [2.75, 3.05) is 23.9 Å². The molecule has 1 aromatic rings. The standard InChI is InChI=1S/C16H24BrNO3/c1-4-10-16(3,21-5-2)15(19)18-13-6-8-14(9-7-13)20-12-11-17/h6-9H,4-5,10-12H2,1-3H3,(H,18,19)/t16-/m1/s1. The van der Waals surface area contributed by atoms with Crippen molar-refractivity contribution in [3.63, 3.8) is 0 Å². The summed E-state index contributed by atoms with van der Waals surface area (Å²) in [5.41, 5.74) is -0.0394. The van der Waals surface area contributed by atoms with Gasteiger partial charge in [0.2, 0.25) is 0 Å². The van der Waals surface area contributed by atoms with E-state index in [1.54, 1.807) is 0 Å². The number of carbonyl (C=O) groups is 1. The van der Waals surface area contributed by atoms with E-state index in [1.165, 1.54) is 0 Å². The summed E-state index contributed by atoms with van der Waals surface area (Å²) in [6, 6.07) is 7.35. The molecular weight excluding hydrogens is 334 g/mol. The number of nitrogens with one attached hydrogen (secondary N) is 1. The number of alkyl halides is 1. The lowest BCUT2D eigenvalue weighted by molar-refractivity contribution is -0.139. The second-order valence-electron chi connectivity index (χ2n) is 4.93. The third-order valence-corrected chi connectivity index (χ3v) is 3.45. The van der Waals surface area contributed by atoms with Gasteiger partial charge in [0.15, 0.2) is 0 Å². The molecule has 0 heterocycles. The number of rotatable bonds is 9. The molecule has 5 heteroatoms. The lowest BCUT2D eigenvalue weighted by Gasteiger charge is -2.27. The van der Waals surface area contributed by atoms with Crippen LogP contribution in [0.1, 0.15) is 33.6 Å². The van der Waals surface area contributed by atoms with Crippen molar-refractivity contribution in [3.05, 3.63) is 24.3 Å². The Morgan fingerprint density at radius 1 is 1.29 bits per heavy atom. The predicted octanol–water partition coefficient (Wildman–Crippen LogP) is 3.99. The van der Waals surface area contributed by atoms with Gasteiger partial charge in [0.1, 0.15) is 11.4 Å². The van der Waals surface area contributed by atoms with Crippen LogP contribution < -0.4 is 10.1 Å². The zero-order chi connectivity index (χ0) is 15.7. The molecule has 0 bridgehead atoms. The Kier molecular flexibility index (Phi) is 7.75. The summed E-state index contributed by atoms with van der Waals surface area (Å²) < 4.78 is 11.1. The molecule has 0 saturated carbocycles. The predicted molar refractivity (Wildman–Crippen MR) is 89.3 cm³/mol. The highest BCUT2D eigenvalue weighted by Crippen LogP contribution is 2.22. The second kappa shape index (κ2) is 9.05. The van der Waals surface area contributed by atoms with Crippen molar-refractivity contribution >= 4 is 27.5 Å². The lowest BCUT2D eigenvalue weighted by atomic mass is 9.99. The van der Waals surface area contributed by atoms with Gasteiger partial charge in [-0.1, -0.05) is 29.3 Å². The second-order valence-corrected chi connectivity index (χ2v) is 5.72. The zero-order valence-corrected chi connectivity index (χ0v) is 14.5. The number of hydrogen-bond donors (Lipinski definition) is 1. The zero-order valence-electron chi connectivity index (χ0n) is 12.9. The van der Waals surface area contributed by atoms with E-state index in [0.29, 0.717) is 19.6 Å². The molecule has 0 aliphatic heterocycles. The summed E-state index contributed by atoms with van der Waals surface area (Å²) in [7, 11) is 0. The molecule has 1 amide bonds. The fraction of sp³-hybridized carbons (Fsp3) is 0.562. The quantitative estimate of drug-likeness (QED) is 0.679. The largest absolute Gasteiger partial charge is 0.493 e. The molecular formula is C16H24BrNO3. The third-order valence-electron chi connectivity index (χ3n) is 3.13. The SMILES string of the molecule is CCC[C@@](C)(OCC)C(=O)Nc1ccc(OCCBr)cc1. The van der Waals surface area contributed by atoms with Crippen LogP contribution in [0.3, 0.4) is 0 Å². The minimum atomic E-state index is -0.783. The van der Waals surface area contributed by atoms with Gasteiger partial charge in [-0.05, 0) is 44.5 Å². The molecule has 1 aromatic carbocycles. The fourth-order valence-electron chi connectivity index (χ4n) is 2.10. The number of carbonyl (C=O) groups excluding carboxylic acids is 1. The molecule has 0 unspecified atom stereocenters. The summed E-state index contributed by atoms with van der Waals surface area (Å²) in [4.78, 5) is 12.4. The number of amides is 1. The molecule has 0 radical (unpaired) electrons. The van der Waals surface area contributed by atoms with Crippen LogP contribution in [-0.2, 0) is 9.53 Å². The Labute approximate surface area is 135 Å². The Morgan fingerprint density at radius 3 is 2.48 bits per heavy atom. The summed E-state index contributed by atoms with van der Waals surface area (Å²) >= 11 is 3.31.